The van der Waals surface area contributed by atoms with E-state index >= 15 is 0 Å². The molecule has 0 radical (unpaired) electrons. The van der Waals surface area contributed by atoms with Crippen LogP contribution in [0.3, 0.4) is 0 Å². The Morgan fingerprint density at radius 2 is 1.89 bits per heavy atom. The van der Waals surface area contributed by atoms with Gasteiger partial charge in [0.15, 0.2) is 11.5 Å². The van der Waals surface area contributed by atoms with Gasteiger partial charge in [-0.2, -0.15) is 13.2 Å². The molecule has 7 nitrogen and oxygen atoms in total. The van der Waals surface area contributed by atoms with Gasteiger partial charge in [0, 0.05) is 12.4 Å². The number of nitrogens with zero attached hydrogens (tertiary/aromatic N) is 2. The first kappa shape index (κ1) is 13.7. The van der Waals surface area contributed by atoms with E-state index < -0.39 is 36.2 Å². The zero-order valence-electron chi connectivity index (χ0n) is 8.65. The van der Waals surface area contributed by atoms with Crippen molar-refractivity contribution in [3.8, 4) is 0 Å². The van der Waals surface area contributed by atoms with E-state index in [4.69, 9.17) is 5.11 Å². The number of carbonyl (C=O) groups is 2. The molecule has 0 bridgehead atoms. The van der Waals surface area contributed by atoms with Crippen molar-refractivity contribution in [1.29, 1.82) is 0 Å². The molecule has 0 aliphatic rings. The minimum atomic E-state index is -4.56. The van der Waals surface area contributed by atoms with Gasteiger partial charge in [0.2, 0.25) is 0 Å². The molecule has 0 atom stereocenters. The smallest absolute Gasteiger partial charge is 0.405 e. The van der Waals surface area contributed by atoms with E-state index in [-0.39, 0.29) is 0 Å². The third-order valence-corrected chi connectivity index (χ3v) is 1.58. The Hall–Kier alpha value is -2.39. The van der Waals surface area contributed by atoms with E-state index in [1.807, 2.05) is 5.32 Å². The molecule has 0 fully saturated rings. The molecular weight excluding hydrogens is 257 g/mol. The lowest BCUT2D eigenvalue weighted by atomic mass is 10.4. The van der Waals surface area contributed by atoms with E-state index in [0.29, 0.717) is 0 Å². The fourth-order valence-corrected chi connectivity index (χ4v) is 0.918. The minimum absolute atomic E-state index is 0.440. The molecule has 0 aromatic carbocycles. The van der Waals surface area contributed by atoms with Crippen LogP contribution in [0.4, 0.5) is 23.8 Å². The Kier molecular flexibility index (Phi) is 4.02. The van der Waals surface area contributed by atoms with Crippen LogP contribution in [0.1, 0.15) is 10.5 Å². The van der Waals surface area contributed by atoms with Crippen molar-refractivity contribution >= 4 is 17.8 Å². The molecule has 0 spiro atoms. The summed E-state index contributed by atoms with van der Waals surface area (Å²) < 4.78 is 35.4. The van der Waals surface area contributed by atoms with Crippen LogP contribution in [0.5, 0.6) is 0 Å². The lowest BCUT2D eigenvalue weighted by Gasteiger charge is -2.09. The van der Waals surface area contributed by atoms with Crippen molar-refractivity contribution in [1.82, 2.24) is 15.3 Å². The van der Waals surface area contributed by atoms with Crippen molar-refractivity contribution < 1.29 is 27.9 Å². The number of amides is 2. The number of hydrogen-bond donors (Lipinski definition) is 3. The summed E-state index contributed by atoms with van der Waals surface area (Å²) in [4.78, 5) is 28.6. The monoisotopic (exact) mass is 264 g/mol. The van der Waals surface area contributed by atoms with Crippen LogP contribution in [0.25, 0.3) is 0 Å². The number of alkyl halides is 3. The molecule has 1 rings (SSSR count). The summed E-state index contributed by atoms with van der Waals surface area (Å²) >= 11 is 0. The number of carboxylic acids is 1. The summed E-state index contributed by atoms with van der Waals surface area (Å²) in [7, 11) is 0. The van der Waals surface area contributed by atoms with Gasteiger partial charge in [0.05, 0.1) is 0 Å². The van der Waals surface area contributed by atoms with Crippen LogP contribution in [-0.4, -0.2) is 39.8 Å². The van der Waals surface area contributed by atoms with Crippen LogP contribution >= 0.6 is 0 Å². The predicted octanol–water partition coefficient (Wildman–Crippen LogP) is 0.859. The number of nitrogens with one attached hydrogen (secondary N) is 2. The topological polar surface area (TPSA) is 104 Å². The molecule has 98 valence electrons. The number of aromatic nitrogens is 2. The first-order valence-corrected chi connectivity index (χ1v) is 4.45. The van der Waals surface area contributed by atoms with Crippen molar-refractivity contribution in [2.75, 3.05) is 11.9 Å². The number of carboxylic acid groups (broad SMARTS) is 1. The second-order valence-corrected chi connectivity index (χ2v) is 2.98. The number of halogens is 3. The quantitative estimate of drug-likeness (QED) is 0.751. The van der Waals surface area contributed by atoms with Crippen LogP contribution in [0.15, 0.2) is 12.4 Å². The van der Waals surface area contributed by atoms with E-state index in [1.165, 1.54) is 5.32 Å². The second kappa shape index (κ2) is 5.29. The lowest BCUT2D eigenvalue weighted by molar-refractivity contribution is -0.122. The number of rotatable bonds is 3. The first-order valence-electron chi connectivity index (χ1n) is 4.45. The molecule has 0 saturated carbocycles. The van der Waals surface area contributed by atoms with Crippen LogP contribution in [0.2, 0.25) is 0 Å². The van der Waals surface area contributed by atoms with Crippen LogP contribution in [-0.2, 0) is 0 Å². The first-order chi connectivity index (χ1) is 8.29. The number of carbonyl (C=O) groups excluding carboxylic acids is 1. The molecule has 0 aliphatic heterocycles. The average molecular weight is 264 g/mol. The number of anilines is 1. The molecular formula is C8H7F3N4O3. The molecule has 3 N–H and O–H groups in total. The molecule has 1 aromatic heterocycles. The Morgan fingerprint density at radius 1 is 1.28 bits per heavy atom. The Bertz CT molecular complexity index is 463. The van der Waals surface area contributed by atoms with Crippen molar-refractivity contribution in [2.24, 2.45) is 0 Å². The van der Waals surface area contributed by atoms with Gasteiger partial charge in [-0.1, -0.05) is 0 Å². The predicted molar refractivity (Wildman–Crippen MR) is 52.1 cm³/mol. The van der Waals surface area contributed by atoms with E-state index in [0.717, 1.165) is 12.4 Å². The van der Waals surface area contributed by atoms with Gasteiger partial charge in [0.25, 0.3) is 0 Å². The average Bonchev–Trinajstić information content (AvgIpc) is 2.26. The van der Waals surface area contributed by atoms with Gasteiger partial charge >= 0.3 is 18.2 Å². The zero-order valence-corrected chi connectivity index (χ0v) is 8.65. The van der Waals surface area contributed by atoms with E-state index in [2.05, 4.69) is 9.97 Å². The molecule has 0 saturated heterocycles. The largest absolute Gasteiger partial charge is 0.476 e. The second-order valence-electron chi connectivity index (χ2n) is 2.98. The summed E-state index contributed by atoms with van der Waals surface area (Å²) in [6, 6.07) is -1.23. The standard InChI is InChI=1S/C8H7F3N4O3/c9-8(10,11)3-14-7(18)15-5-4(6(16)17)12-1-2-13-5/h1-2H,3H2,(H,16,17)(H2,13,14,15,18). The molecule has 0 aliphatic carbocycles. The van der Waals surface area contributed by atoms with Gasteiger partial charge in [-0.25, -0.2) is 19.6 Å². The SMILES string of the molecule is O=C(NCC(F)(F)F)Nc1nccnc1C(=O)O. The summed E-state index contributed by atoms with van der Waals surface area (Å²) in [5, 5.41) is 12.0. The van der Waals surface area contributed by atoms with Gasteiger partial charge in [-0.05, 0) is 0 Å². The van der Waals surface area contributed by atoms with Crippen molar-refractivity contribution in [2.45, 2.75) is 6.18 Å². The molecule has 0 unspecified atom stereocenters. The lowest BCUT2D eigenvalue weighted by Crippen LogP contribution is -2.37. The highest BCUT2D eigenvalue weighted by molar-refractivity contribution is 5.97. The van der Waals surface area contributed by atoms with Crippen molar-refractivity contribution in [3.63, 3.8) is 0 Å². The summed E-state index contributed by atoms with van der Waals surface area (Å²) in [6.07, 6.45) is -2.40. The highest BCUT2D eigenvalue weighted by Crippen LogP contribution is 2.12. The van der Waals surface area contributed by atoms with Gasteiger partial charge in [-0.15, -0.1) is 0 Å². The van der Waals surface area contributed by atoms with E-state index in [1.54, 1.807) is 0 Å². The summed E-state index contributed by atoms with van der Waals surface area (Å²) in [5.74, 6) is -1.90. The highest BCUT2D eigenvalue weighted by atomic mass is 19.4. The third-order valence-electron chi connectivity index (χ3n) is 1.58. The maximum Gasteiger partial charge on any atom is 0.405 e. The number of aromatic carboxylic acids is 1. The van der Waals surface area contributed by atoms with Crippen LogP contribution < -0.4 is 10.6 Å². The fourth-order valence-electron chi connectivity index (χ4n) is 0.918. The molecule has 18 heavy (non-hydrogen) atoms. The van der Waals surface area contributed by atoms with E-state index in [9.17, 15) is 22.8 Å². The van der Waals surface area contributed by atoms with Gasteiger partial charge in [0.1, 0.15) is 6.54 Å². The number of hydrogen-bond acceptors (Lipinski definition) is 4. The Labute approximate surface area is 98.0 Å². The summed E-state index contributed by atoms with van der Waals surface area (Å²) in [5.41, 5.74) is -0.570. The Balaban J connectivity index is 2.68. The van der Waals surface area contributed by atoms with Gasteiger partial charge in [-0.3, -0.25) is 5.32 Å². The Morgan fingerprint density at radius 3 is 2.44 bits per heavy atom. The summed E-state index contributed by atoms with van der Waals surface area (Å²) in [6.45, 7) is -1.54. The van der Waals surface area contributed by atoms with Crippen LogP contribution in [0, 0.1) is 0 Å². The zero-order chi connectivity index (χ0) is 13.8. The molecule has 1 heterocycles. The highest BCUT2D eigenvalue weighted by Gasteiger charge is 2.28. The maximum absolute atomic E-state index is 11.8. The third kappa shape index (κ3) is 4.23. The normalized spacial score (nSPS) is 10.8. The maximum atomic E-state index is 11.8. The molecule has 1 aromatic rings. The van der Waals surface area contributed by atoms with Crippen molar-refractivity contribution in [3.05, 3.63) is 18.1 Å². The molecule has 2 amide bonds. The molecule has 10 heteroatoms. The minimum Gasteiger partial charge on any atom is -0.476 e. The fraction of sp³-hybridized carbons (Fsp3) is 0.250. The number of urea groups is 1. The van der Waals surface area contributed by atoms with Gasteiger partial charge < -0.3 is 10.4 Å².